The van der Waals surface area contributed by atoms with Gasteiger partial charge in [0.25, 0.3) is 0 Å². The molecule has 1 N–H and O–H groups in total. The number of carboxylic acids is 1. The van der Waals surface area contributed by atoms with Gasteiger partial charge in [0, 0.05) is 6.42 Å². The summed E-state index contributed by atoms with van der Waals surface area (Å²) in [4.78, 5) is 19.9. The van der Waals surface area contributed by atoms with E-state index in [4.69, 9.17) is 5.11 Å². The molecule has 0 rings (SSSR count). The molecule has 0 saturated carbocycles. The number of hydrogen-bond donors (Lipinski definition) is 1. The molecule has 54 valence electrons. The lowest BCUT2D eigenvalue weighted by molar-refractivity contribution is -0.149. The number of carbonyl (C=O) groups excluding carboxylic acids is 1. The van der Waals surface area contributed by atoms with Crippen molar-refractivity contribution >= 4 is 24.2 Å². The Balaban J connectivity index is 0. The van der Waals surface area contributed by atoms with E-state index in [-0.39, 0.29) is 18.8 Å². The zero-order chi connectivity index (χ0) is 6.57. The molecule has 4 heteroatoms. The Labute approximate surface area is 59.5 Å². The minimum Gasteiger partial charge on any atom is -0.476 e. The number of Topliss-reactive ketones (excluding diaryl/α,β-unsaturated/α-hetero) is 1. The molecule has 0 radical (unpaired) electrons. The first-order chi connectivity index (χ1) is 3.68. The Kier molecular flexibility index (Phi) is 6.96. The molecule has 0 aromatic rings. The van der Waals surface area contributed by atoms with Gasteiger partial charge in [-0.2, -0.15) is 0 Å². The summed E-state index contributed by atoms with van der Waals surface area (Å²) >= 11 is 0. The van der Waals surface area contributed by atoms with Crippen molar-refractivity contribution in [2.75, 3.05) is 0 Å². The van der Waals surface area contributed by atoms with Gasteiger partial charge in [0.1, 0.15) is 0 Å². The standard InChI is InChI=1S/C5H8O3.ClH/c1-2-3-4(6)5(7)8;/h2-3H2,1H3,(H,7,8);1H. The minimum atomic E-state index is -1.33. The minimum absolute atomic E-state index is 0. The Morgan fingerprint density at radius 1 is 1.44 bits per heavy atom. The van der Waals surface area contributed by atoms with E-state index < -0.39 is 11.8 Å². The maximum Gasteiger partial charge on any atom is 0.372 e. The maximum absolute atomic E-state index is 10.1. The molecule has 0 atom stereocenters. The van der Waals surface area contributed by atoms with Gasteiger partial charge < -0.3 is 5.11 Å². The van der Waals surface area contributed by atoms with Crippen LogP contribution >= 0.6 is 12.4 Å². The highest BCUT2D eigenvalue weighted by atomic mass is 35.5. The van der Waals surface area contributed by atoms with Gasteiger partial charge in [0.15, 0.2) is 0 Å². The largest absolute Gasteiger partial charge is 0.476 e. The van der Waals surface area contributed by atoms with Gasteiger partial charge >= 0.3 is 5.97 Å². The number of carbonyl (C=O) groups is 2. The Morgan fingerprint density at radius 3 is 2.00 bits per heavy atom. The number of carboxylic acid groups (broad SMARTS) is 1. The summed E-state index contributed by atoms with van der Waals surface area (Å²) < 4.78 is 0. The molecule has 0 aromatic carbocycles. The topological polar surface area (TPSA) is 54.4 Å². The van der Waals surface area contributed by atoms with E-state index >= 15 is 0 Å². The van der Waals surface area contributed by atoms with Crippen LogP contribution in [0.3, 0.4) is 0 Å². The Bertz CT molecular complexity index is 111. The van der Waals surface area contributed by atoms with Gasteiger partial charge in [-0.05, 0) is 6.42 Å². The van der Waals surface area contributed by atoms with Crippen LogP contribution in [-0.4, -0.2) is 16.9 Å². The summed E-state index contributed by atoms with van der Waals surface area (Å²) in [6.45, 7) is 1.76. The van der Waals surface area contributed by atoms with E-state index in [0.29, 0.717) is 6.42 Å². The number of halogens is 1. The van der Waals surface area contributed by atoms with Gasteiger partial charge in [-0.25, -0.2) is 4.79 Å². The highest BCUT2D eigenvalue weighted by molar-refractivity contribution is 6.32. The second kappa shape index (κ2) is 5.56. The summed E-state index contributed by atoms with van der Waals surface area (Å²) in [6, 6.07) is 0. The first-order valence-electron chi connectivity index (χ1n) is 2.44. The number of hydrogen-bond acceptors (Lipinski definition) is 2. The van der Waals surface area contributed by atoms with Crippen LogP contribution in [0.5, 0.6) is 0 Å². The third-order valence-corrected chi connectivity index (χ3v) is 0.716. The van der Waals surface area contributed by atoms with E-state index in [2.05, 4.69) is 0 Å². The summed E-state index contributed by atoms with van der Waals surface area (Å²) in [5.41, 5.74) is 0. The molecule has 9 heavy (non-hydrogen) atoms. The van der Waals surface area contributed by atoms with Crippen molar-refractivity contribution in [3.63, 3.8) is 0 Å². The first kappa shape index (κ1) is 11.3. The van der Waals surface area contributed by atoms with Gasteiger partial charge in [-0.3, -0.25) is 4.79 Å². The van der Waals surface area contributed by atoms with Crippen molar-refractivity contribution in [3.8, 4) is 0 Å². The van der Waals surface area contributed by atoms with Gasteiger partial charge in [-0.1, -0.05) is 6.92 Å². The fraction of sp³-hybridized carbons (Fsp3) is 0.600. The Hall–Kier alpha value is -0.570. The van der Waals surface area contributed by atoms with Gasteiger partial charge in [0.05, 0.1) is 0 Å². The van der Waals surface area contributed by atoms with Crippen LogP contribution < -0.4 is 0 Å². The average Bonchev–Trinajstić information content (AvgIpc) is 1.67. The molecule has 0 aliphatic rings. The van der Waals surface area contributed by atoms with Crippen molar-refractivity contribution < 1.29 is 14.7 Å². The molecule has 0 spiro atoms. The number of rotatable bonds is 3. The quantitative estimate of drug-likeness (QED) is 0.611. The predicted molar refractivity (Wildman–Crippen MR) is 34.8 cm³/mol. The maximum atomic E-state index is 10.1. The monoisotopic (exact) mass is 152 g/mol. The number of ketones is 1. The van der Waals surface area contributed by atoms with Gasteiger partial charge in [0.2, 0.25) is 5.78 Å². The molecule has 0 aliphatic carbocycles. The van der Waals surface area contributed by atoms with Crippen molar-refractivity contribution in [1.29, 1.82) is 0 Å². The van der Waals surface area contributed by atoms with Gasteiger partial charge in [-0.15, -0.1) is 12.4 Å². The van der Waals surface area contributed by atoms with Crippen molar-refractivity contribution in [2.24, 2.45) is 0 Å². The second-order valence-corrected chi connectivity index (χ2v) is 1.48. The third-order valence-electron chi connectivity index (χ3n) is 0.716. The molecule has 0 aromatic heterocycles. The van der Waals surface area contributed by atoms with Crippen LogP contribution in [0.25, 0.3) is 0 Å². The van der Waals surface area contributed by atoms with Crippen LogP contribution in [0.4, 0.5) is 0 Å². The molecular formula is C5H9ClO3. The predicted octanol–water partition coefficient (Wildman–Crippen LogP) is 0.862. The van der Waals surface area contributed by atoms with Crippen molar-refractivity contribution in [3.05, 3.63) is 0 Å². The molecule has 3 nitrogen and oxygen atoms in total. The summed E-state index contributed by atoms with van der Waals surface area (Å²) in [5, 5.41) is 7.96. The van der Waals surface area contributed by atoms with Crippen LogP contribution in [-0.2, 0) is 9.59 Å². The average molecular weight is 153 g/mol. The SMILES string of the molecule is CCCC(=O)C(=O)O.Cl. The highest BCUT2D eigenvalue weighted by Gasteiger charge is 2.07. The normalized spacial score (nSPS) is 7.67. The molecule has 0 amide bonds. The van der Waals surface area contributed by atoms with Crippen LogP contribution in [0.2, 0.25) is 0 Å². The lowest BCUT2D eigenvalue weighted by Gasteiger charge is -1.85. The fourth-order valence-electron chi connectivity index (χ4n) is 0.334. The molecule has 0 bridgehead atoms. The molecule has 0 fully saturated rings. The third kappa shape index (κ3) is 5.30. The van der Waals surface area contributed by atoms with Crippen LogP contribution in [0.15, 0.2) is 0 Å². The van der Waals surface area contributed by atoms with Crippen LogP contribution in [0.1, 0.15) is 19.8 Å². The van der Waals surface area contributed by atoms with Crippen molar-refractivity contribution in [2.45, 2.75) is 19.8 Å². The zero-order valence-corrected chi connectivity index (χ0v) is 5.90. The smallest absolute Gasteiger partial charge is 0.372 e. The molecule has 0 heterocycles. The summed E-state index contributed by atoms with van der Waals surface area (Å²) in [7, 11) is 0. The molecule has 0 unspecified atom stereocenters. The summed E-state index contributed by atoms with van der Waals surface area (Å²) in [5.74, 6) is -2.03. The van der Waals surface area contributed by atoms with E-state index in [0.717, 1.165) is 0 Å². The Morgan fingerprint density at radius 2 is 1.89 bits per heavy atom. The molecule has 0 saturated heterocycles. The highest BCUT2D eigenvalue weighted by Crippen LogP contribution is 1.87. The van der Waals surface area contributed by atoms with Crippen molar-refractivity contribution in [1.82, 2.24) is 0 Å². The van der Waals surface area contributed by atoms with E-state index in [9.17, 15) is 9.59 Å². The van der Waals surface area contributed by atoms with E-state index in [1.807, 2.05) is 0 Å². The van der Waals surface area contributed by atoms with E-state index in [1.165, 1.54) is 0 Å². The second-order valence-electron chi connectivity index (χ2n) is 1.48. The van der Waals surface area contributed by atoms with Crippen LogP contribution in [0, 0.1) is 0 Å². The fourth-order valence-corrected chi connectivity index (χ4v) is 0.334. The zero-order valence-electron chi connectivity index (χ0n) is 5.09. The summed E-state index contributed by atoms with van der Waals surface area (Å²) in [6.07, 6.45) is 0.750. The lowest BCUT2D eigenvalue weighted by Crippen LogP contribution is -2.10. The lowest BCUT2D eigenvalue weighted by atomic mass is 10.2. The number of aliphatic carboxylic acids is 1. The van der Waals surface area contributed by atoms with E-state index in [1.54, 1.807) is 6.92 Å². The molecular weight excluding hydrogens is 144 g/mol. The molecule has 0 aliphatic heterocycles. The first-order valence-corrected chi connectivity index (χ1v) is 2.44.